The van der Waals surface area contributed by atoms with Crippen LogP contribution < -0.4 is 9.64 Å². The van der Waals surface area contributed by atoms with Gasteiger partial charge in [-0.3, -0.25) is 14.5 Å². The average molecular weight is 457 g/mol. The maximum atomic E-state index is 13.0. The van der Waals surface area contributed by atoms with Crippen LogP contribution in [-0.2, 0) is 9.59 Å². The second-order valence-electron chi connectivity index (χ2n) is 6.65. The van der Waals surface area contributed by atoms with E-state index < -0.39 is 17.7 Å². The summed E-state index contributed by atoms with van der Waals surface area (Å²) in [6, 6.07) is 9.87. The number of carbonyl (C=O) groups excluding carboxylic acids is 2. The van der Waals surface area contributed by atoms with Crippen molar-refractivity contribution in [2.75, 3.05) is 11.5 Å². The quantitative estimate of drug-likeness (QED) is 0.332. The monoisotopic (exact) mass is 456 g/mol. The lowest BCUT2D eigenvalue weighted by molar-refractivity contribution is -0.132. The van der Waals surface area contributed by atoms with Gasteiger partial charge in [-0.15, -0.1) is 11.3 Å². The third kappa shape index (κ3) is 3.75. The van der Waals surface area contributed by atoms with Gasteiger partial charge in [0.05, 0.1) is 18.2 Å². The van der Waals surface area contributed by atoms with Crippen LogP contribution in [0.5, 0.6) is 11.5 Å². The molecule has 3 aromatic rings. The summed E-state index contributed by atoms with van der Waals surface area (Å²) in [5.74, 6) is -1.84. The smallest absolute Gasteiger partial charge is 0.301 e. The fraction of sp³-hybridized carbons (Fsp3) is 0.136. The fourth-order valence-corrected chi connectivity index (χ4v) is 4.21. The number of amides is 1. The number of anilines is 1. The molecule has 1 amide bonds. The second-order valence-corrected chi connectivity index (χ2v) is 7.96. The number of ether oxygens (including phenoxy) is 1. The predicted octanol–water partition coefficient (Wildman–Crippen LogP) is 4.53. The number of phenolic OH excluding ortho intramolecular Hbond substituents is 1. The summed E-state index contributed by atoms with van der Waals surface area (Å²) >= 11 is 7.13. The van der Waals surface area contributed by atoms with Crippen LogP contribution in [-0.4, -0.2) is 33.5 Å². The van der Waals surface area contributed by atoms with E-state index in [9.17, 15) is 19.8 Å². The van der Waals surface area contributed by atoms with Crippen molar-refractivity contribution in [2.24, 2.45) is 0 Å². The van der Waals surface area contributed by atoms with Gasteiger partial charge in [-0.25, -0.2) is 4.98 Å². The third-order valence-electron chi connectivity index (χ3n) is 4.79. The Morgan fingerprint density at radius 2 is 1.97 bits per heavy atom. The van der Waals surface area contributed by atoms with E-state index in [0.717, 1.165) is 0 Å². The predicted molar refractivity (Wildman–Crippen MR) is 118 cm³/mol. The molecule has 0 radical (unpaired) electrons. The van der Waals surface area contributed by atoms with Crippen molar-refractivity contribution < 1.29 is 24.5 Å². The van der Waals surface area contributed by atoms with E-state index in [4.69, 9.17) is 16.3 Å². The number of ketones is 1. The molecule has 4 rings (SSSR count). The first-order valence-corrected chi connectivity index (χ1v) is 10.6. The molecule has 2 heterocycles. The molecule has 1 aliphatic rings. The molecule has 1 unspecified atom stereocenters. The van der Waals surface area contributed by atoms with Crippen molar-refractivity contribution in [3.8, 4) is 11.5 Å². The van der Waals surface area contributed by atoms with Crippen LogP contribution in [0.25, 0.3) is 5.76 Å². The number of Topliss-reactive ketones (excluding diaryl/α,β-unsaturated/α-hetero) is 1. The topological polar surface area (TPSA) is 100.0 Å². The number of halogens is 1. The highest BCUT2D eigenvalue weighted by Gasteiger charge is 2.48. The van der Waals surface area contributed by atoms with Crippen molar-refractivity contribution in [1.82, 2.24) is 4.98 Å². The van der Waals surface area contributed by atoms with Gasteiger partial charge in [-0.1, -0.05) is 17.7 Å². The number of hydrogen-bond acceptors (Lipinski definition) is 7. The van der Waals surface area contributed by atoms with Gasteiger partial charge in [-0.05, 0) is 48.9 Å². The lowest BCUT2D eigenvalue weighted by Gasteiger charge is -2.23. The largest absolute Gasteiger partial charge is 0.507 e. The molecule has 1 fully saturated rings. The lowest BCUT2D eigenvalue weighted by Crippen LogP contribution is -2.29. The minimum Gasteiger partial charge on any atom is -0.507 e. The summed E-state index contributed by atoms with van der Waals surface area (Å²) in [6.45, 7) is 2.09. The van der Waals surface area contributed by atoms with E-state index in [0.29, 0.717) is 27.9 Å². The summed E-state index contributed by atoms with van der Waals surface area (Å²) in [5, 5.41) is 23.6. The average Bonchev–Trinajstić information content (AvgIpc) is 3.37. The molecule has 1 aromatic heterocycles. The van der Waals surface area contributed by atoms with Gasteiger partial charge in [0, 0.05) is 22.2 Å². The molecule has 31 heavy (non-hydrogen) atoms. The summed E-state index contributed by atoms with van der Waals surface area (Å²) in [4.78, 5) is 31.4. The van der Waals surface area contributed by atoms with Crippen LogP contribution in [0.2, 0.25) is 5.02 Å². The Morgan fingerprint density at radius 1 is 1.23 bits per heavy atom. The van der Waals surface area contributed by atoms with Gasteiger partial charge < -0.3 is 14.9 Å². The van der Waals surface area contributed by atoms with Crippen molar-refractivity contribution in [3.63, 3.8) is 0 Å². The first kappa shape index (κ1) is 20.9. The number of aromatic nitrogens is 1. The molecule has 0 bridgehead atoms. The summed E-state index contributed by atoms with van der Waals surface area (Å²) in [6.07, 6.45) is 1.53. The van der Waals surface area contributed by atoms with Crippen LogP contribution in [0.15, 0.2) is 59.6 Å². The number of aromatic hydroxyl groups is 1. The Morgan fingerprint density at radius 3 is 2.61 bits per heavy atom. The van der Waals surface area contributed by atoms with Gasteiger partial charge in [-0.2, -0.15) is 0 Å². The van der Waals surface area contributed by atoms with Gasteiger partial charge >= 0.3 is 5.91 Å². The summed E-state index contributed by atoms with van der Waals surface area (Å²) < 4.78 is 5.47. The first-order valence-electron chi connectivity index (χ1n) is 9.34. The molecule has 9 heteroatoms. The van der Waals surface area contributed by atoms with E-state index >= 15 is 0 Å². The number of carbonyl (C=O) groups is 2. The van der Waals surface area contributed by atoms with Crippen LogP contribution in [0.1, 0.15) is 24.1 Å². The van der Waals surface area contributed by atoms with Crippen molar-refractivity contribution >= 4 is 45.5 Å². The Hall–Kier alpha value is -3.36. The number of benzene rings is 2. The second kappa shape index (κ2) is 8.41. The Kier molecular flexibility index (Phi) is 5.67. The zero-order valence-electron chi connectivity index (χ0n) is 16.3. The number of nitrogens with zero attached hydrogens (tertiary/aromatic N) is 2. The zero-order chi connectivity index (χ0) is 22.1. The Balaban J connectivity index is 1.94. The Labute approximate surface area is 186 Å². The molecule has 2 aromatic carbocycles. The minimum absolute atomic E-state index is 0.0745. The fourth-order valence-electron chi connectivity index (χ4n) is 3.42. The van der Waals surface area contributed by atoms with Gasteiger partial charge in [0.25, 0.3) is 5.78 Å². The SMILES string of the molecule is CCOc1cc(C2/C(=C(/O)c3ccc(Cl)cc3)C(=O)C(=O)N2c2nccs2)ccc1O. The van der Waals surface area contributed by atoms with Crippen molar-refractivity contribution in [2.45, 2.75) is 13.0 Å². The van der Waals surface area contributed by atoms with Gasteiger partial charge in [0.1, 0.15) is 5.76 Å². The molecule has 1 aliphatic heterocycles. The van der Waals surface area contributed by atoms with E-state index in [1.54, 1.807) is 48.7 Å². The molecule has 0 aliphatic carbocycles. The number of rotatable bonds is 5. The minimum atomic E-state index is -0.957. The van der Waals surface area contributed by atoms with Crippen LogP contribution in [0.3, 0.4) is 0 Å². The van der Waals surface area contributed by atoms with E-state index in [2.05, 4.69) is 4.98 Å². The summed E-state index contributed by atoms with van der Waals surface area (Å²) in [5.41, 5.74) is 0.733. The molecule has 0 spiro atoms. The number of thiazole rings is 1. The van der Waals surface area contributed by atoms with Crippen LogP contribution in [0, 0.1) is 0 Å². The molecule has 1 saturated heterocycles. The van der Waals surface area contributed by atoms with Crippen LogP contribution in [0.4, 0.5) is 5.13 Å². The standard InChI is InChI=1S/C22H17ClN2O5S/c1-2-30-16-11-13(5-8-15(16)26)18-17(19(27)12-3-6-14(23)7-4-12)20(28)21(29)25(18)22-24-9-10-31-22/h3-11,18,26-27H,2H2,1H3/b19-17-. The number of aliphatic hydroxyl groups is 1. The Bertz CT molecular complexity index is 1180. The highest BCUT2D eigenvalue weighted by Crippen LogP contribution is 2.44. The molecule has 7 nitrogen and oxygen atoms in total. The van der Waals surface area contributed by atoms with Crippen molar-refractivity contribution in [3.05, 3.63) is 75.8 Å². The number of phenols is 1. The maximum absolute atomic E-state index is 13.0. The maximum Gasteiger partial charge on any atom is 0.301 e. The van der Waals surface area contributed by atoms with E-state index in [1.165, 1.54) is 28.5 Å². The molecular formula is C22H17ClN2O5S. The normalized spacial score (nSPS) is 17.9. The van der Waals surface area contributed by atoms with Crippen LogP contribution >= 0.6 is 22.9 Å². The number of hydrogen-bond donors (Lipinski definition) is 2. The van der Waals surface area contributed by atoms with E-state index in [-0.39, 0.29) is 22.8 Å². The molecule has 2 N–H and O–H groups in total. The third-order valence-corrected chi connectivity index (χ3v) is 5.81. The van der Waals surface area contributed by atoms with Gasteiger partial charge in [0.15, 0.2) is 16.6 Å². The first-order chi connectivity index (χ1) is 14.9. The molecule has 1 atom stereocenters. The highest BCUT2D eigenvalue weighted by molar-refractivity contribution is 7.14. The van der Waals surface area contributed by atoms with E-state index in [1.807, 2.05) is 0 Å². The highest BCUT2D eigenvalue weighted by atomic mass is 35.5. The van der Waals surface area contributed by atoms with Crippen molar-refractivity contribution in [1.29, 1.82) is 0 Å². The molecular weight excluding hydrogens is 440 g/mol. The molecule has 0 saturated carbocycles. The lowest BCUT2D eigenvalue weighted by atomic mass is 9.95. The zero-order valence-corrected chi connectivity index (χ0v) is 17.9. The number of aliphatic hydroxyl groups excluding tert-OH is 1. The van der Waals surface area contributed by atoms with Gasteiger partial charge in [0.2, 0.25) is 0 Å². The summed E-state index contributed by atoms with van der Waals surface area (Å²) in [7, 11) is 0. The molecule has 158 valence electrons.